The predicted octanol–water partition coefficient (Wildman–Crippen LogP) is -0.846. The summed E-state index contributed by atoms with van der Waals surface area (Å²) in [4.78, 5) is 9.92. The lowest BCUT2D eigenvalue weighted by atomic mass is 10.2. The van der Waals surface area contributed by atoms with Crippen LogP contribution in [-0.2, 0) is 14.8 Å². The normalized spacial score (nSPS) is 25.2. The standard InChI is InChI=1S/C12H19N5O3S/c13-12-14-7-11(8-15-12)21(18,19)17-2-1-10(9-17)16-3-5-20-6-4-16/h7-8,10H,1-6,9H2,(H2,13,14,15). The third-order valence-electron chi connectivity index (χ3n) is 3.97. The van der Waals surface area contributed by atoms with E-state index in [0.29, 0.717) is 13.1 Å². The first-order valence-corrected chi connectivity index (χ1v) is 8.41. The first-order valence-electron chi connectivity index (χ1n) is 6.97. The van der Waals surface area contributed by atoms with Crippen LogP contribution in [0.5, 0.6) is 0 Å². The maximum Gasteiger partial charge on any atom is 0.246 e. The summed E-state index contributed by atoms with van der Waals surface area (Å²) in [7, 11) is -3.53. The number of nitrogen functional groups attached to an aromatic ring is 1. The molecule has 116 valence electrons. The third-order valence-corrected chi connectivity index (χ3v) is 5.79. The lowest BCUT2D eigenvalue weighted by Crippen LogP contribution is -2.45. The van der Waals surface area contributed by atoms with Gasteiger partial charge in [0, 0.05) is 32.2 Å². The van der Waals surface area contributed by atoms with Crippen LogP contribution >= 0.6 is 0 Å². The molecule has 8 nitrogen and oxygen atoms in total. The lowest BCUT2D eigenvalue weighted by Gasteiger charge is -2.32. The Balaban J connectivity index is 1.71. The zero-order valence-electron chi connectivity index (χ0n) is 11.7. The van der Waals surface area contributed by atoms with Gasteiger partial charge in [-0.15, -0.1) is 0 Å². The smallest absolute Gasteiger partial charge is 0.246 e. The molecule has 0 saturated carbocycles. The number of rotatable bonds is 3. The molecule has 1 atom stereocenters. The second kappa shape index (κ2) is 5.84. The van der Waals surface area contributed by atoms with Gasteiger partial charge in [-0.05, 0) is 6.42 Å². The minimum atomic E-state index is -3.53. The number of hydrogen-bond acceptors (Lipinski definition) is 7. The summed E-state index contributed by atoms with van der Waals surface area (Å²) < 4.78 is 31.9. The lowest BCUT2D eigenvalue weighted by molar-refractivity contribution is 0.0197. The van der Waals surface area contributed by atoms with Crippen molar-refractivity contribution in [1.82, 2.24) is 19.2 Å². The molecule has 9 heteroatoms. The molecule has 0 amide bonds. The molecule has 1 aromatic rings. The SMILES string of the molecule is Nc1ncc(S(=O)(=O)N2CCC(N3CCOCC3)C2)cn1. The number of morpholine rings is 1. The fourth-order valence-corrected chi connectivity index (χ4v) is 4.16. The van der Waals surface area contributed by atoms with E-state index in [2.05, 4.69) is 14.9 Å². The molecule has 0 aliphatic carbocycles. The maximum atomic E-state index is 12.5. The van der Waals surface area contributed by atoms with Crippen LogP contribution in [0.3, 0.4) is 0 Å². The average Bonchev–Trinajstić information content (AvgIpc) is 2.99. The fraction of sp³-hybridized carbons (Fsp3) is 0.667. The summed E-state index contributed by atoms with van der Waals surface area (Å²) in [5, 5.41) is 0. The Hall–Kier alpha value is -1.29. The highest BCUT2D eigenvalue weighted by atomic mass is 32.2. The average molecular weight is 313 g/mol. The minimum absolute atomic E-state index is 0.0709. The van der Waals surface area contributed by atoms with Gasteiger partial charge in [-0.1, -0.05) is 0 Å². The Kier molecular flexibility index (Phi) is 4.07. The first-order chi connectivity index (χ1) is 10.1. The third kappa shape index (κ3) is 3.00. The van der Waals surface area contributed by atoms with Gasteiger partial charge >= 0.3 is 0 Å². The van der Waals surface area contributed by atoms with Crippen molar-refractivity contribution < 1.29 is 13.2 Å². The molecule has 1 unspecified atom stereocenters. The van der Waals surface area contributed by atoms with Gasteiger partial charge in [0.15, 0.2) is 0 Å². The van der Waals surface area contributed by atoms with Crippen molar-refractivity contribution >= 4 is 16.0 Å². The van der Waals surface area contributed by atoms with E-state index in [9.17, 15) is 8.42 Å². The number of aromatic nitrogens is 2. The van der Waals surface area contributed by atoms with Gasteiger partial charge in [-0.2, -0.15) is 4.31 Å². The molecule has 2 fully saturated rings. The molecule has 3 rings (SSSR count). The molecular formula is C12H19N5O3S. The maximum absolute atomic E-state index is 12.5. The van der Waals surface area contributed by atoms with E-state index in [1.807, 2.05) is 0 Å². The molecule has 2 N–H and O–H groups in total. The van der Waals surface area contributed by atoms with Crippen LogP contribution in [0.2, 0.25) is 0 Å². The topological polar surface area (TPSA) is 102 Å². The Morgan fingerprint density at radius 1 is 1.19 bits per heavy atom. The number of nitrogens with two attached hydrogens (primary N) is 1. The predicted molar refractivity (Wildman–Crippen MR) is 76.0 cm³/mol. The quantitative estimate of drug-likeness (QED) is 0.776. The van der Waals surface area contributed by atoms with Crippen molar-refractivity contribution in [1.29, 1.82) is 0 Å². The van der Waals surface area contributed by atoms with E-state index < -0.39 is 10.0 Å². The van der Waals surface area contributed by atoms with Crippen molar-refractivity contribution in [3.8, 4) is 0 Å². The van der Waals surface area contributed by atoms with Crippen LogP contribution in [0.1, 0.15) is 6.42 Å². The van der Waals surface area contributed by atoms with Crippen LogP contribution in [0, 0.1) is 0 Å². The molecule has 2 aliphatic rings. The number of anilines is 1. The zero-order valence-corrected chi connectivity index (χ0v) is 12.5. The largest absolute Gasteiger partial charge is 0.379 e. The molecule has 0 spiro atoms. The van der Waals surface area contributed by atoms with Crippen molar-refractivity contribution in [2.24, 2.45) is 0 Å². The summed E-state index contributed by atoms with van der Waals surface area (Å²) in [5.41, 5.74) is 5.39. The van der Waals surface area contributed by atoms with E-state index in [0.717, 1.165) is 32.7 Å². The summed E-state index contributed by atoms with van der Waals surface area (Å²) in [6.45, 7) is 4.19. The first kappa shape index (κ1) is 14.6. The van der Waals surface area contributed by atoms with Crippen LogP contribution in [0.15, 0.2) is 17.3 Å². The Morgan fingerprint density at radius 3 is 2.52 bits per heavy atom. The molecular weight excluding hydrogens is 294 g/mol. The van der Waals surface area contributed by atoms with Gasteiger partial charge in [0.05, 0.1) is 25.6 Å². The highest BCUT2D eigenvalue weighted by Crippen LogP contribution is 2.23. The highest BCUT2D eigenvalue weighted by Gasteiger charge is 2.35. The second-order valence-corrected chi connectivity index (χ2v) is 7.17. The molecule has 2 aliphatic heterocycles. The van der Waals surface area contributed by atoms with E-state index in [1.165, 1.54) is 16.7 Å². The van der Waals surface area contributed by atoms with Crippen LogP contribution in [0.25, 0.3) is 0 Å². The van der Waals surface area contributed by atoms with Crippen LogP contribution < -0.4 is 5.73 Å². The van der Waals surface area contributed by atoms with Crippen LogP contribution in [-0.4, -0.2) is 73.0 Å². The summed E-state index contributed by atoms with van der Waals surface area (Å²) in [6.07, 6.45) is 3.37. The molecule has 21 heavy (non-hydrogen) atoms. The van der Waals surface area contributed by atoms with E-state index in [-0.39, 0.29) is 16.9 Å². The monoisotopic (exact) mass is 313 g/mol. The van der Waals surface area contributed by atoms with Gasteiger partial charge < -0.3 is 10.5 Å². The van der Waals surface area contributed by atoms with Crippen molar-refractivity contribution in [2.75, 3.05) is 45.1 Å². The Bertz CT molecular complexity index is 585. The molecule has 0 aromatic carbocycles. The summed E-state index contributed by atoms with van der Waals surface area (Å²) >= 11 is 0. The van der Waals surface area contributed by atoms with E-state index in [4.69, 9.17) is 10.5 Å². The second-order valence-electron chi connectivity index (χ2n) is 5.23. The van der Waals surface area contributed by atoms with Gasteiger partial charge in [-0.25, -0.2) is 18.4 Å². The molecule has 1 aromatic heterocycles. The molecule has 0 bridgehead atoms. The van der Waals surface area contributed by atoms with Gasteiger partial charge in [0.2, 0.25) is 16.0 Å². The Labute approximate surface area is 124 Å². The fourth-order valence-electron chi connectivity index (χ4n) is 2.78. The van der Waals surface area contributed by atoms with Crippen molar-refractivity contribution in [3.05, 3.63) is 12.4 Å². The molecule has 2 saturated heterocycles. The zero-order chi connectivity index (χ0) is 14.9. The highest BCUT2D eigenvalue weighted by molar-refractivity contribution is 7.89. The number of ether oxygens (including phenoxy) is 1. The molecule has 0 radical (unpaired) electrons. The Morgan fingerprint density at radius 2 is 1.86 bits per heavy atom. The van der Waals surface area contributed by atoms with E-state index >= 15 is 0 Å². The molecule has 3 heterocycles. The van der Waals surface area contributed by atoms with Gasteiger partial charge in [0.1, 0.15) is 4.90 Å². The van der Waals surface area contributed by atoms with Crippen LogP contribution in [0.4, 0.5) is 5.95 Å². The summed E-state index contributed by atoms with van der Waals surface area (Å²) in [5.74, 6) is 0.0709. The number of sulfonamides is 1. The summed E-state index contributed by atoms with van der Waals surface area (Å²) in [6, 6.07) is 0.262. The minimum Gasteiger partial charge on any atom is -0.379 e. The van der Waals surface area contributed by atoms with Gasteiger partial charge in [-0.3, -0.25) is 4.90 Å². The van der Waals surface area contributed by atoms with Gasteiger partial charge in [0.25, 0.3) is 0 Å². The van der Waals surface area contributed by atoms with E-state index in [1.54, 1.807) is 0 Å². The number of nitrogens with zero attached hydrogens (tertiary/aromatic N) is 4. The number of hydrogen-bond donors (Lipinski definition) is 1. The van der Waals surface area contributed by atoms with Crippen molar-refractivity contribution in [2.45, 2.75) is 17.4 Å². The van der Waals surface area contributed by atoms with Crippen molar-refractivity contribution in [3.63, 3.8) is 0 Å².